The van der Waals surface area contributed by atoms with Crippen molar-refractivity contribution in [1.82, 2.24) is 4.48 Å². The number of hydrogen-bond donors (Lipinski definition) is 2. The van der Waals surface area contributed by atoms with Crippen molar-refractivity contribution < 1.29 is 14.7 Å². The van der Waals surface area contributed by atoms with Gasteiger partial charge in [0.15, 0.2) is 6.54 Å². The molecule has 5 nitrogen and oxygen atoms in total. The van der Waals surface area contributed by atoms with Gasteiger partial charge in [0.25, 0.3) is 0 Å². The molecule has 0 radical (unpaired) electrons. The minimum absolute atomic E-state index is 0.0213. The highest BCUT2D eigenvalue weighted by Crippen LogP contribution is 2.39. The van der Waals surface area contributed by atoms with Gasteiger partial charge in [-0.3, -0.25) is 9.28 Å². The van der Waals surface area contributed by atoms with Crippen LogP contribution in [0.3, 0.4) is 0 Å². The average molecular weight is 275 g/mol. The number of carbonyl (C=O) groups excluding carboxylic acids is 1. The standard InChI is InChI=1S/C15H18N2O3/c1-3-10-8-17(2,9-13(18)19)12-7-5-4-6-11(12)14(10)15(16)20/h4-7H,3,8-9H2,1-2H3,(H2-,16,18,19,20)/p+1. The first-order chi connectivity index (χ1) is 9.39. The fraction of sp³-hybridized carbons (Fsp3) is 0.333. The molecule has 1 aliphatic heterocycles. The summed E-state index contributed by atoms with van der Waals surface area (Å²) in [5.74, 6) is -1.31. The Morgan fingerprint density at radius 3 is 2.55 bits per heavy atom. The van der Waals surface area contributed by atoms with Crippen molar-refractivity contribution in [2.45, 2.75) is 13.3 Å². The molecule has 0 bridgehead atoms. The number of rotatable bonds is 4. The van der Waals surface area contributed by atoms with Gasteiger partial charge < -0.3 is 10.8 Å². The van der Waals surface area contributed by atoms with E-state index in [1.165, 1.54) is 0 Å². The number of likely N-dealkylation sites (N-methyl/N-ethyl adjacent to an activating group) is 1. The van der Waals surface area contributed by atoms with Crippen molar-refractivity contribution >= 4 is 23.1 Å². The van der Waals surface area contributed by atoms with E-state index < -0.39 is 11.9 Å². The maximum Gasteiger partial charge on any atom is 0.359 e. The first kappa shape index (κ1) is 14.3. The molecule has 1 aromatic carbocycles. The number of para-hydroxylation sites is 1. The number of hydrogen-bond acceptors (Lipinski definition) is 2. The van der Waals surface area contributed by atoms with E-state index in [1.807, 2.05) is 38.2 Å². The fourth-order valence-electron chi connectivity index (χ4n) is 2.97. The zero-order valence-electron chi connectivity index (χ0n) is 11.7. The predicted molar refractivity (Wildman–Crippen MR) is 77.9 cm³/mol. The summed E-state index contributed by atoms with van der Waals surface area (Å²) in [6.07, 6.45) is 0.681. The second-order valence-electron chi connectivity index (χ2n) is 5.32. The van der Waals surface area contributed by atoms with Gasteiger partial charge in [0.2, 0.25) is 5.91 Å². The molecule has 5 heteroatoms. The lowest BCUT2D eigenvalue weighted by Crippen LogP contribution is -2.52. The van der Waals surface area contributed by atoms with E-state index >= 15 is 0 Å². The molecule has 0 spiro atoms. The van der Waals surface area contributed by atoms with Crippen molar-refractivity contribution in [1.29, 1.82) is 0 Å². The molecule has 1 aliphatic rings. The molecule has 1 aromatic rings. The summed E-state index contributed by atoms with van der Waals surface area (Å²) in [7, 11) is 1.88. The van der Waals surface area contributed by atoms with E-state index in [0.717, 1.165) is 16.8 Å². The Hall–Kier alpha value is -2.14. The molecule has 0 aliphatic carbocycles. The van der Waals surface area contributed by atoms with Crippen LogP contribution in [-0.2, 0) is 9.59 Å². The Morgan fingerprint density at radius 2 is 2.00 bits per heavy atom. The third kappa shape index (κ3) is 2.32. The van der Waals surface area contributed by atoms with Crippen LogP contribution in [0.2, 0.25) is 0 Å². The van der Waals surface area contributed by atoms with E-state index in [4.69, 9.17) is 10.8 Å². The summed E-state index contributed by atoms with van der Waals surface area (Å²) in [4.78, 5) is 22.9. The van der Waals surface area contributed by atoms with Crippen LogP contribution < -0.4 is 10.2 Å². The highest BCUT2D eigenvalue weighted by Gasteiger charge is 2.38. The van der Waals surface area contributed by atoms with Gasteiger partial charge in [0.05, 0.1) is 12.6 Å². The molecule has 1 amide bonds. The lowest BCUT2D eigenvalue weighted by molar-refractivity contribution is -0.137. The van der Waals surface area contributed by atoms with Gasteiger partial charge in [-0.15, -0.1) is 0 Å². The Labute approximate surface area is 117 Å². The topological polar surface area (TPSA) is 80.4 Å². The van der Waals surface area contributed by atoms with Gasteiger partial charge in [0.1, 0.15) is 12.2 Å². The van der Waals surface area contributed by atoms with Crippen LogP contribution in [0.15, 0.2) is 29.8 Å². The monoisotopic (exact) mass is 275 g/mol. The summed E-state index contributed by atoms with van der Waals surface area (Å²) in [5.41, 5.74) is 8.57. The van der Waals surface area contributed by atoms with Crippen molar-refractivity contribution in [3.63, 3.8) is 0 Å². The van der Waals surface area contributed by atoms with E-state index in [1.54, 1.807) is 0 Å². The lowest BCUT2D eigenvalue weighted by Gasteiger charge is -2.38. The van der Waals surface area contributed by atoms with Crippen LogP contribution in [-0.4, -0.2) is 37.1 Å². The lowest BCUT2D eigenvalue weighted by atomic mass is 9.90. The second-order valence-corrected chi connectivity index (χ2v) is 5.32. The number of fused-ring (bicyclic) bond motifs is 1. The zero-order valence-corrected chi connectivity index (χ0v) is 11.7. The molecule has 0 aromatic heterocycles. The minimum Gasteiger partial charge on any atom is -0.477 e. The van der Waals surface area contributed by atoms with Crippen molar-refractivity contribution in [2.75, 3.05) is 20.1 Å². The molecule has 0 saturated carbocycles. The minimum atomic E-state index is -0.861. The van der Waals surface area contributed by atoms with Gasteiger partial charge in [-0.05, 0) is 24.1 Å². The van der Waals surface area contributed by atoms with Gasteiger partial charge in [0, 0.05) is 5.56 Å². The van der Waals surface area contributed by atoms with Crippen LogP contribution in [0.4, 0.5) is 5.69 Å². The SMILES string of the molecule is CCC1=C(C(N)=O)c2ccccc2[N+](C)(CC(=O)O)C1. The van der Waals surface area contributed by atoms with Crippen molar-refractivity contribution in [2.24, 2.45) is 5.73 Å². The summed E-state index contributed by atoms with van der Waals surface area (Å²) in [5, 5.41) is 9.17. The molecule has 20 heavy (non-hydrogen) atoms. The van der Waals surface area contributed by atoms with Crippen LogP contribution in [0, 0.1) is 0 Å². The summed E-state index contributed by atoms with van der Waals surface area (Å²) in [6.45, 7) is 2.43. The number of primary amides is 1. The number of nitrogens with two attached hydrogens (primary N) is 1. The van der Waals surface area contributed by atoms with E-state index in [2.05, 4.69) is 0 Å². The fourth-order valence-corrected chi connectivity index (χ4v) is 2.97. The average Bonchev–Trinajstić information content (AvgIpc) is 2.37. The molecule has 106 valence electrons. The molecule has 1 atom stereocenters. The maximum absolute atomic E-state index is 11.8. The second kappa shape index (κ2) is 5.09. The van der Waals surface area contributed by atoms with Gasteiger partial charge >= 0.3 is 5.97 Å². The molecular formula is C15H19N2O3+. The summed E-state index contributed by atoms with van der Waals surface area (Å²) < 4.78 is 0.255. The molecule has 2 rings (SSSR count). The highest BCUT2D eigenvalue weighted by molar-refractivity contribution is 6.21. The number of carbonyl (C=O) groups is 2. The number of amides is 1. The molecular weight excluding hydrogens is 256 g/mol. The van der Waals surface area contributed by atoms with Crippen LogP contribution in [0.25, 0.3) is 5.57 Å². The summed E-state index contributed by atoms with van der Waals surface area (Å²) in [6, 6.07) is 7.40. The quantitative estimate of drug-likeness (QED) is 0.814. The van der Waals surface area contributed by atoms with E-state index in [-0.39, 0.29) is 11.0 Å². The molecule has 0 fully saturated rings. The number of quaternary nitrogens is 1. The number of benzene rings is 1. The molecule has 0 saturated heterocycles. The number of nitrogens with zero attached hydrogens (tertiary/aromatic N) is 1. The Kier molecular flexibility index (Phi) is 3.63. The number of carboxylic acids is 1. The Morgan fingerprint density at radius 1 is 1.35 bits per heavy atom. The van der Waals surface area contributed by atoms with Crippen molar-refractivity contribution in [3.05, 3.63) is 35.4 Å². The van der Waals surface area contributed by atoms with Crippen molar-refractivity contribution in [3.8, 4) is 0 Å². The first-order valence-corrected chi connectivity index (χ1v) is 6.57. The number of carboxylic acid groups (broad SMARTS) is 1. The van der Waals surface area contributed by atoms with Gasteiger partial charge in [-0.2, -0.15) is 0 Å². The Balaban J connectivity index is 2.67. The largest absolute Gasteiger partial charge is 0.477 e. The third-order valence-corrected chi connectivity index (χ3v) is 3.81. The molecule has 1 unspecified atom stereocenters. The molecule has 3 N–H and O–H groups in total. The van der Waals surface area contributed by atoms with Crippen LogP contribution in [0.1, 0.15) is 18.9 Å². The highest BCUT2D eigenvalue weighted by atomic mass is 16.4. The maximum atomic E-state index is 11.8. The van der Waals surface area contributed by atoms with Crippen LogP contribution >= 0.6 is 0 Å². The zero-order chi connectivity index (χ0) is 14.9. The molecule has 1 heterocycles. The van der Waals surface area contributed by atoms with Gasteiger partial charge in [-0.1, -0.05) is 19.1 Å². The number of aliphatic carboxylic acids is 1. The summed E-state index contributed by atoms with van der Waals surface area (Å²) >= 11 is 0. The first-order valence-electron chi connectivity index (χ1n) is 6.57. The third-order valence-electron chi connectivity index (χ3n) is 3.81. The smallest absolute Gasteiger partial charge is 0.359 e. The predicted octanol–water partition coefficient (Wildman–Crippen LogP) is 1.37. The van der Waals surface area contributed by atoms with Gasteiger partial charge in [-0.25, -0.2) is 4.79 Å². The normalized spacial score (nSPS) is 21.5. The Bertz CT molecular complexity index is 607. The van der Waals surface area contributed by atoms with E-state index in [9.17, 15) is 9.59 Å². The van der Waals surface area contributed by atoms with Crippen LogP contribution in [0.5, 0.6) is 0 Å². The van der Waals surface area contributed by atoms with E-state index in [0.29, 0.717) is 18.5 Å².